The van der Waals surface area contributed by atoms with E-state index in [1.807, 2.05) is 0 Å². The summed E-state index contributed by atoms with van der Waals surface area (Å²) >= 11 is 0. The second-order valence-corrected chi connectivity index (χ2v) is 9.06. The lowest BCUT2D eigenvalue weighted by Crippen LogP contribution is -2.40. The van der Waals surface area contributed by atoms with Crippen molar-refractivity contribution in [3.05, 3.63) is 71.9 Å². The Labute approximate surface area is 184 Å². The molecule has 0 unspecified atom stereocenters. The minimum atomic E-state index is -3.80. The zero-order valence-corrected chi connectivity index (χ0v) is 18.0. The molecule has 0 radical (unpaired) electrons. The molecule has 2 heterocycles. The molecule has 0 spiro atoms. The van der Waals surface area contributed by atoms with Crippen molar-refractivity contribution >= 4 is 21.6 Å². The lowest BCUT2D eigenvalue weighted by molar-refractivity contribution is 0.0730. The largest absolute Gasteiger partial charge is 0.459 e. The Morgan fingerprint density at radius 1 is 1.09 bits per heavy atom. The number of carbonyl (C=O) groups is 1. The van der Waals surface area contributed by atoms with E-state index in [0.717, 1.165) is 0 Å². The van der Waals surface area contributed by atoms with Gasteiger partial charge in [-0.15, -0.1) is 0 Å². The van der Waals surface area contributed by atoms with E-state index < -0.39 is 21.7 Å². The number of ether oxygens (including phenoxy) is 2. The van der Waals surface area contributed by atoms with Crippen LogP contribution in [-0.2, 0) is 14.8 Å². The van der Waals surface area contributed by atoms with E-state index >= 15 is 0 Å². The summed E-state index contributed by atoms with van der Waals surface area (Å²) in [6, 6.07) is 11.1. The van der Waals surface area contributed by atoms with Crippen LogP contribution in [0.1, 0.15) is 16.1 Å². The Balaban J connectivity index is 1.69. The maximum absolute atomic E-state index is 13.2. The maximum atomic E-state index is 13.2. The van der Waals surface area contributed by atoms with Gasteiger partial charge in [-0.2, -0.15) is 4.31 Å². The van der Waals surface area contributed by atoms with Gasteiger partial charge in [-0.3, -0.25) is 4.79 Å². The summed E-state index contributed by atoms with van der Waals surface area (Å²) in [5.74, 6) is -0.377. The first-order valence-corrected chi connectivity index (χ1v) is 11.3. The van der Waals surface area contributed by atoms with Gasteiger partial charge in [0.15, 0.2) is 11.5 Å². The lowest BCUT2D eigenvalue weighted by Gasteiger charge is -2.26. The Hall–Kier alpha value is -3.21. The van der Waals surface area contributed by atoms with Gasteiger partial charge in [0.05, 0.1) is 30.1 Å². The van der Waals surface area contributed by atoms with Crippen LogP contribution in [0, 0.1) is 12.7 Å². The van der Waals surface area contributed by atoms with E-state index in [-0.39, 0.29) is 35.2 Å². The first-order chi connectivity index (χ1) is 15.3. The molecule has 1 aliphatic rings. The normalized spacial score (nSPS) is 14.8. The summed E-state index contributed by atoms with van der Waals surface area (Å²) in [4.78, 5) is 12.7. The van der Waals surface area contributed by atoms with E-state index in [4.69, 9.17) is 13.9 Å². The van der Waals surface area contributed by atoms with Crippen molar-refractivity contribution in [2.24, 2.45) is 0 Å². The molecule has 1 aromatic heterocycles. The Morgan fingerprint density at radius 2 is 1.81 bits per heavy atom. The van der Waals surface area contributed by atoms with Crippen LogP contribution in [-0.4, -0.2) is 44.9 Å². The van der Waals surface area contributed by atoms with Crippen LogP contribution in [0.2, 0.25) is 0 Å². The topological polar surface area (TPSA) is 98.1 Å². The molecular weight excluding hydrogens is 439 g/mol. The number of nitrogens with one attached hydrogen (secondary N) is 1. The average molecular weight is 460 g/mol. The van der Waals surface area contributed by atoms with E-state index in [1.54, 1.807) is 13.0 Å². The highest BCUT2D eigenvalue weighted by Crippen LogP contribution is 2.33. The van der Waals surface area contributed by atoms with Gasteiger partial charge in [0.1, 0.15) is 11.6 Å². The number of anilines is 1. The molecule has 1 N–H and O–H groups in total. The molecule has 0 aliphatic carbocycles. The molecule has 168 valence electrons. The number of aryl methyl sites for hydroxylation is 1. The van der Waals surface area contributed by atoms with Gasteiger partial charge < -0.3 is 19.2 Å². The summed E-state index contributed by atoms with van der Waals surface area (Å²) in [5, 5.41) is 2.66. The number of rotatable bonds is 6. The molecule has 3 aromatic rings. The highest BCUT2D eigenvalue weighted by Gasteiger charge is 2.28. The van der Waals surface area contributed by atoms with E-state index in [2.05, 4.69) is 5.32 Å². The number of sulfonamides is 1. The molecule has 0 bridgehead atoms. The summed E-state index contributed by atoms with van der Waals surface area (Å²) in [7, 11) is -3.80. The van der Waals surface area contributed by atoms with Crippen molar-refractivity contribution < 1.29 is 31.5 Å². The molecule has 1 fully saturated rings. The molecule has 10 heteroatoms. The fourth-order valence-corrected chi connectivity index (χ4v) is 4.64. The smallest absolute Gasteiger partial charge is 0.291 e. The third kappa shape index (κ3) is 4.67. The Morgan fingerprint density at radius 3 is 2.47 bits per heavy atom. The number of morpholine rings is 1. The molecule has 1 saturated heterocycles. The number of halogens is 1. The highest BCUT2D eigenvalue weighted by molar-refractivity contribution is 7.89. The number of amides is 1. The molecule has 32 heavy (non-hydrogen) atoms. The predicted molar refractivity (Wildman–Crippen MR) is 114 cm³/mol. The van der Waals surface area contributed by atoms with Crippen molar-refractivity contribution in [1.82, 2.24) is 4.31 Å². The van der Waals surface area contributed by atoms with Crippen LogP contribution >= 0.6 is 0 Å². The van der Waals surface area contributed by atoms with Crippen molar-refractivity contribution in [3.63, 3.8) is 0 Å². The monoisotopic (exact) mass is 460 g/mol. The summed E-state index contributed by atoms with van der Waals surface area (Å²) in [6.07, 6.45) is 1.39. The van der Waals surface area contributed by atoms with Crippen LogP contribution in [0.25, 0.3) is 0 Å². The average Bonchev–Trinajstić information content (AvgIpc) is 3.23. The molecule has 4 rings (SSSR count). The molecular formula is C22H21FN2O6S. The Bertz CT molecular complexity index is 1220. The van der Waals surface area contributed by atoms with Crippen LogP contribution in [0.3, 0.4) is 0 Å². The fraction of sp³-hybridized carbons (Fsp3) is 0.227. The van der Waals surface area contributed by atoms with E-state index in [1.165, 1.54) is 53.0 Å². The van der Waals surface area contributed by atoms with Crippen molar-refractivity contribution in [3.8, 4) is 11.5 Å². The number of hydrogen-bond acceptors (Lipinski definition) is 6. The number of hydrogen-bond donors (Lipinski definition) is 1. The SMILES string of the molecule is Cc1ccoc1C(=O)Nc1cc(S(=O)(=O)N2CCOCC2)ccc1Oc1ccc(F)cc1. The van der Waals surface area contributed by atoms with E-state index in [0.29, 0.717) is 24.5 Å². The summed E-state index contributed by atoms with van der Waals surface area (Å²) < 4.78 is 56.9. The first kappa shape index (κ1) is 22.0. The van der Waals surface area contributed by atoms with Crippen molar-refractivity contribution in [1.29, 1.82) is 0 Å². The van der Waals surface area contributed by atoms with Gasteiger partial charge in [-0.1, -0.05) is 0 Å². The molecule has 1 aliphatic heterocycles. The van der Waals surface area contributed by atoms with Crippen LogP contribution in [0.5, 0.6) is 11.5 Å². The third-order valence-corrected chi connectivity index (χ3v) is 6.81. The molecule has 2 aromatic carbocycles. The minimum Gasteiger partial charge on any atom is -0.459 e. The van der Waals surface area contributed by atoms with Crippen molar-refractivity contribution in [2.45, 2.75) is 11.8 Å². The molecule has 8 nitrogen and oxygen atoms in total. The minimum absolute atomic E-state index is 0.00248. The second kappa shape index (κ2) is 9.11. The van der Waals surface area contributed by atoms with Gasteiger partial charge in [0.25, 0.3) is 5.91 Å². The quantitative estimate of drug-likeness (QED) is 0.601. The number of furan rings is 1. The number of carbonyl (C=O) groups excluding carboxylic acids is 1. The summed E-state index contributed by atoms with van der Waals surface area (Å²) in [6.45, 7) is 2.82. The highest BCUT2D eigenvalue weighted by atomic mass is 32.2. The van der Waals surface area contributed by atoms with Gasteiger partial charge in [-0.25, -0.2) is 12.8 Å². The molecule has 0 atom stereocenters. The standard InChI is InChI=1S/C22H21FN2O6S/c1-15-8-11-30-21(15)22(26)24-19-14-18(32(27,28)25-9-12-29-13-10-25)6-7-20(19)31-17-4-2-16(23)3-5-17/h2-8,11,14H,9-10,12-13H2,1H3,(H,24,26). The van der Waals surface area contributed by atoms with Gasteiger partial charge in [0.2, 0.25) is 10.0 Å². The van der Waals surface area contributed by atoms with Crippen LogP contribution in [0.4, 0.5) is 10.1 Å². The van der Waals surface area contributed by atoms with Gasteiger partial charge in [0, 0.05) is 18.7 Å². The third-order valence-electron chi connectivity index (χ3n) is 4.92. The zero-order chi connectivity index (χ0) is 22.7. The Kier molecular flexibility index (Phi) is 6.26. The summed E-state index contributed by atoms with van der Waals surface area (Å²) in [5.41, 5.74) is 0.755. The van der Waals surface area contributed by atoms with Gasteiger partial charge >= 0.3 is 0 Å². The number of nitrogens with zero attached hydrogens (tertiary/aromatic N) is 1. The number of benzene rings is 2. The fourth-order valence-electron chi connectivity index (χ4n) is 3.21. The van der Waals surface area contributed by atoms with Gasteiger partial charge in [-0.05, 0) is 55.5 Å². The van der Waals surface area contributed by atoms with E-state index in [9.17, 15) is 17.6 Å². The molecule has 1 amide bonds. The van der Waals surface area contributed by atoms with Crippen LogP contribution in [0.15, 0.2) is 64.1 Å². The zero-order valence-electron chi connectivity index (χ0n) is 17.2. The van der Waals surface area contributed by atoms with Crippen LogP contribution < -0.4 is 10.1 Å². The first-order valence-electron chi connectivity index (χ1n) is 9.85. The second-order valence-electron chi connectivity index (χ2n) is 7.12. The lowest BCUT2D eigenvalue weighted by atomic mass is 10.2. The predicted octanol–water partition coefficient (Wildman–Crippen LogP) is 3.79. The van der Waals surface area contributed by atoms with Crippen molar-refractivity contribution in [2.75, 3.05) is 31.6 Å². The molecule has 0 saturated carbocycles. The maximum Gasteiger partial charge on any atom is 0.291 e.